The molecule has 0 aliphatic carbocycles. The first kappa shape index (κ1) is 19.6. The molecule has 1 N–H and O–H groups in total. The maximum atomic E-state index is 12.2. The number of carbonyl (C=O) groups is 1. The lowest BCUT2D eigenvalue weighted by atomic mass is 10.2. The molecular formula is C19H24N4O3S. The molecule has 1 aliphatic heterocycles. The zero-order chi connectivity index (χ0) is 19.1. The summed E-state index contributed by atoms with van der Waals surface area (Å²) in [6, 6.07) is 8.15. The van der Waals surface area contributed by atoms with Crippen LogP contribution in [0.5, 0.6) is 0 Å². The van der Waals surface area contributed by atoms with Crippen LogP contribution in [0, 0.1) is 0 Å². The molecule has 144 valence electrons. The summed E-state index contributed by atoms with van der Waals surface area (Å²) in [4.78, 5) is 23.1. The number of benzene rings is 1. The second kappa shape index (κ2) is 9.68. The predicted octanol–water partition coefficient (Wildman–Crippen LogP) is 2.95. The SMILES string of the molecule is CCOC(=O)c1cnc(SC)nc1Nc1ccc(CN2CCOCC2)cc1. The zero-order valence-electron chi connectivity index (χ0n) is 15.6. The molecule has 0 saturated carbocycles. The molecular weight excluding hydrogens is 364 g/mol. The van der Waals surface area contributed by atoms with Crippen LogP contribution in [-0.4, -0.2) is 60.0 Å². The molecule has 0 spiro atoms. The van der Waals surface area contributed by atoms with E-state index < -0.39 is 5.97 Å². The number of carbonyl (C=O) groups excluding carboxylic acids is 1. The van der Waals surface area contributed by atoms with Gasteiger partial charge in [0.25, 0.3) is 0 Å². The van der Waals surface area contributed by atoms with Gasteiger partial charge >= 0.3 is 5.97 Å². The third kappa shape index (κ3) is 5.41. The Balaban J connectivity index is 1.72. The summed E-state index contributed by atoms with van der Waals surface area (Å²) < 4.78 is 10.5. The average Bonchev–Trinajstić information content (AvgIpc) is 2.70. The molecule has 1 aromatic carbocycles. The van der Waals surface area contributed by atoms with Gasteiger partial charge in [0, 0.05) is 31.5 Å². The van der Waals surface area contributed by atoms with Gasteiger partial charge in [-0.15, -0.1) is 0 Å². The minimum atomic E-state index is -0.434. The van der Waals surface area contributed by atoms with E-state index in [0.29, 0.717) is 23.1 Å². The summed E-state index contributed by atoms with van der Waals surface area (Å²) >= 11 is 1.42. The molecule has 0 unspecified atom stereocenters. The van der Waals surface area contributed by atoms with Crippen molar-refractivity contribution in [2.45, 2.75) is 18.6 Å². The number of thioether (sulfide) groups is 1. The van der Waals surface area contributed by atoms with Crippen LogP contribution in [-0.2, 0) is 16.0 Å². The topological polar surface area (TPSA) is 76.6 Å². The average molecular weight is 388 g/mol. The fourth-order valence-corrected chi connectivity index (χ4v) is 3.11. The van der Waals surface area contributed by atoms with E-state index in [2.05, 4.69) is 32.3 Å². The Hall–Kier alpha value is -2.16. The van der Waals surface area contributed by atoms with Crippen molar-refractivity contribution < 1.29 is 14.3 Å². The highest BCUT2D eigenvalue weighted by Gasteiger charge is 2.16. The van der Waals surface area contributed by atoms with Gasteiger partial charge in [0.1, 0.15) is 11.4 Å². The van der Waals surface area contributed by atoms with E-state index in [1.165, 1.54) is 23.5 Å². The van der Waals surface area contributed by atoms with Crippen molar-refractivity contribution in [2.75, 3.05) is 44.5 Å². The second-order valence-electron chi connectivity index (χ2n) is 6.05. The quantitative estimate of drug-likeness (QED) is 0.441. The second-order valence-corrected chi connectivity index (χ2v) is 6.82. The molecule has 0 atom stereocenters. The predicted molar refractivity (Wildman–Crippen MR) is 106 cm³/mol. The maximum Gasteiger partial charge on any atom is 0.343 e. The van der Waals surface area contributed by atoms with Crippen LogP contribution < -0.4 is 5.32 Å². The molecule has 3 rings (SSSR count). The number of morpholine rings is 1. The van der Waals surface area contributed by atoms with Crippen LogP contribution >= 0.6 is 11.8 Å². The Morgan fingerprint density at radius 1 is 1.30 bits per heavy atom. The highest BCUT2D eigenvalue weighted by Crippen LogP contribution is 2.22. The molecule has 2 heterocycles. The number of nitrogens with one attached hydrogen (secondary N) is 1. The van der Waals surface area contributed by atoms with E-state index in [4.69, 9.17) is 9.47 Å². The van der Waals surface area contributed by atoms with Gasteiger partial charge in [0.15, 0.2) is 5.16 Å². The molecule has 1 saturated heterocycles. The van der Waals surface area contributed by atoms with Gasteiger partial charge in [-0.2, -0.15) is 0 Å². The number of rotatable bonds is 7. The van der Waals surface area contributed by atoms with Gasteiger partial charge in [-0.1, -0.05) is 23.9 Å². The van der Waals surface area contributed by atoms with Crippen LogP contribution in [0.2, 0.25) is 0 Å². The van der Waals surface area contributed by atoms with Crippen molar-refractivity contribution in [3.63, 3.8) is 0 Å². The fraction of sp³-hybridized carbons (Fsp3) is 0.421. The number of aromatic nitrogens is 2. The van der Waals surface area contributed by atoms with Crippen LogP contribution in [0.25, 0.3) is 0 Å². The number of hydrogen-bond acceptors (Lipinski definition) is 8. The lowest BCUT2D eigenvalue weighted by Crippen LogP contribution is -2.35. The number of anilines is 2. The number of hydrogen-bond donors (Lipinski definition) is 1. The van der Waals surface area contributed by atoms with Crippen LogP contribution in [0.3, 0.4) is 0 Å². The molecule has 7 nitrogen and oxygen atoms in total. The van der Waals surface area contributed by atoms with Crippen LogP contribution in [0.4, 0.5) is 11.5 Å². The normalized spacial score (nSPS) is 14.7. The van der Waals surface area contributed by atoms with E-state index in [1.807, 2.05) is 18.4 Å². The molecule has 8 heteroatoms. The van der Waals surface area contributed by atoms with E-state index in [-0.39, 0.29) is 0 Å². The molecule has 27 heavy (non-hydrogen) atoms. The summed E-state index contributed by atoms with van der Waals surface area (Å²) in [7, 11) is 0. The van der Waals surface area contributed by atoms with Crippen molar-refractivity contribution >= 4 is 29.2 Å². The molecule has 1 fully saturated rings. The smallest absolute Gasteiger partial charge is 0.343 e. The highest BCUT2D eigenvalue weighted by atomic mass is 32.2. The van der Waals surface area contributed by atoms with Gasteiger partial charge in [-0.05, 0) is 30.9 Å². The van der Waals surface area contributed by atoms with Gasteiger partial charge in [0.2, 0.25) is 0 Å². The molecule has 0 radical (unpaired) electrons. The Labute approximate surface area is 163 Å². The third-order valence-corrected chi connectivity index (χ3v) is 4.73. The van der Waals surface area contributed by atoms with E-state index in [9.17, 15) is 4.79 Å². The molecule has 1 aromatic heterocycles. The summed E-state index contributed by atoms with van der Waals surface area (Å²) in [6.07, 6.45) is 3.40. The van der Waals surface area contributed by atoms with Crippen LogP contribution in [0.1, 0.15) is 22.8 Å². The van der Waals surface area contributed by atoms with E-state index >= 15 is 0 Å². The number of esters is 1. The third-order valence-electron chi connectivity index (χ3n) is 4.17. The van der Waals surface area contributed by atoms with E-state index in [0.717, 1.165) is 38.5 Å². The maximum absolute atomic E-state index is 12.2. The molecule has 0 amide bonds. The zero-order valence-corrected chi connectivity index (χ0v) is 16.4. The van der Waals surface area contributed by atoms with E-state index in [1.54, 1.807) is 6.92 Å². The standard InChI is InChI=1S/C19H24N4O3S/c1-3-26-18(24)16-12-20-19(27-2)22-17(16)21-15-6-4-14(5-7-15)13-23-8-10-25-11-9-23/h4-7,12H,3,8-11,13H2,1-2H3,(H,20,21,22). The van der Waals surface area contributed by atoms with Crippen LogP contribution in [0.15, 0.2) is 35.6 Å². The van der Waals surface area contributed by atoms with Crippen molar-refractivity contribution in [2.24, 2.45) is 0 Å². The lowest BCUT2D eigenvalue weighted by molar-refractivity contribution is 0.0342. The summed E-state index contributed by atoms with van der Waals surface area (Å²) in [6.45, 7) is 6.49. The monoisotopic (exact) mass is 388 g/mol. The van der Waals surface area contributed by atoms with Gasteiger partial charge in [-0.25, -0.2) is 14.8 Å². The van der Waals surface area contributed by atoms with Crippen molar-refractivity contribution in [1.82, 2.24) is 14.9 Å². The fourth-order valence-electron chi connectivity index (χ4n) is 2.77. The Kier molecular flexibility index (Phi) is 7.03. The minimum absolute atomic E-state index is 0.304. The Bertz CT molecular complexity index is 764. The van der Waals surface area contributed by atoms with Crippen molar-refractivity contribution in [3.05, 3.63) is 41.6 Å². The number of nitrogens with zero attached hydrogens (tertiary/aromatic N) is 3. The summed E-state index contributed by atoms with van der Waals surface area (Å²) in [5.74, 6) is 0.0188. The minimum Gasteiger partial charge on any atom is -0.462 e. The number of ether oxygens (including phenoxy) is 2. The largest absolute Gasteiger partial charge is 0.462 e. The summed E-state index contributed by atoms with van der Waals surface area (Å²) in [5, 5.41) is 3.81. The van der Waals surface area contributed by atoms with Gasteiger partial charge in [0.05, 0.1) is 19.8 Å². The summed E-state index contributed by atoms with van der Waals surface area (Å²) in [5.41, 5.74) is 2.42. The van der Waals surface area contributed by atoms with Gasteiger partial charge in [-0.3, -0.25) is 4.90 Å². The Morgan fingerprint density at radius 3 is 2.70 bits per heavy atom. The Morgan fingerprint density at radius 2 is 2.04 bits per heavy atom. The van der Waals surface area contributed by atoms with Crippen molar-refractivity contribution in [1.29, 1.82) is 0 Å². The molecule has 0 bridgehead atoms. The molecule has 1 aliphatic rings. The molecule has 2 aromatic rings. The highest BCUT2D eigenvalue weighted by molar-refractivity contribution is 7.98. The van der Waals surface area contributed by atoms with Gasteiger partial charge < -0.3 is 14.8 Å². The first-order chi connectivity index (χ1) is 13.2. The lowest BCUT2D eigenvalue weighted by Gasteiger charge is -2.26. The first-order valence-corrected chi connectivity index (χ1v) is 10.2. The van der Waals surface area contributed by atoms with Crippen molar-refractivity contribution in [3.8, 4) is 0 Å². The first-order valence-electron chi connectivity index (χ1n) is 8.94.